The second-order valence-electron chi connectivity index (χ2n) is 4.98. The van der Waals surface area contributed by atoms with E-state index < -0.39 is 5.91 Å². The molecule has 1 aromatic heterocycles. The average Bonchev–Trinajstić information content (AvgIpc) is 2.92. The molecule has 23 heavy (non-hydrogen) atoms. The number of anilines is 2. The smallest absolute Gasteiger partial charge is 0.280 e. The van der Waals surface area contributed by atoms with Crippen LogP contribution in [0.4, 0.5) is 15.9 Å². The van der Waals surface area contributed by atoms with Crippen LogP contribution in [0.1, 0.15) is 16.1 Å². The molecule has 116 valence electrons. The molecule has 3 rings (SSSR count). The van der Waals surface area contributed by atoms with E-state index in [1.807, 2.05) is 31.2 Å². The first-order valence-electron chi connectivity index (χ1n) is 6.90. The first-order valence-corrected chi connectivity index (χ1v) is 6.90. The highest BCUT2D eigenvalue weighted by Crippen LogP contribution is 2.19. The standard InChI is InChI=1S/C16H14FN5O/c1-10-4-2-3-5-13(10)22-15(18)14(20-21-22)16(23)19-12-8-6-11(17)7-9-12/h2-9H,18H2,1H3,(H,19,23). The van der Waals surface area contributed by atoms with Gasteiger partial charge in [0.25, 0.3) is 5.91 Å². The van der Waals surface area contributed by atoms with E-state index in [1.165, 1.54) is 28.9 Å². The summed E-state index contributed by atoms with van der Waals surface area (Å²) in [5.41, 5.74) is 8.16. The summed E-state index contributed by atoms with van der Waals surface area (Å²) < 4.78 is 14.3. The number of hydrogen-bond acceptors (Lipinski definition) is 4. The number of nitrogens with zero attached hydrogens (tertiary/aromatic N) is 3. The molecule has 0 aliphatic carbocycles. The number of benzene rings is 2. The van der Waals surface area contributed by atoms with E-state index >= 15 is 0 Å². The van der Waals surface area contributed by atoms with E-state index in [2.05, 4.69) is 15.6 Å². The Bertz CT molecular complexity index is 857. The van der Waals surface area contributed by atoms with Crippen LogP contribution in [0.2, 0.25) is 0 Å². The van der Waals surface area contributed by atoms with Crippen molar-refractivity contribution in [2.24, 2.45) is 0 Å². The molecule has 0 saturated heterocycles. The lowest BCUT2D eigenvalue weighted by Crippen LogP contribution is -2.15. The number of carbonyl (C=O) groups is 1. The van der Waals surface area contributed by atoms with Gasteiger partial charge in [0, 0.05) is 5.69 Å². The van der Waals surface area contributed by atoms with Crippen molar-refractivity contribution in [1.82, 2.24) is 15.0 Å². The maximum absolute atomic E-state index is 12.9. The molecule has 3 aromatic rings. The van der Waals surface area contributed by atoms with E-state index in [0.717, 1.165) is 11.3 Å². The van der Waals surface area contributed by atoms with Crippen LogP contribution in [0.15, 0.2) is 48.5 Å². The van der Waals surface area contributed by atoms with Crippen LogP contribution < -0.4 is 11.1 Å². The Labute approximate surface area is 131 Å². The van der Waals surface area contributed by atoms with Crippen molar-refractivity contribution in [2.45, 2.75) is 6.92 Å². The number of halogens is 1. The number of rotatable bonds is 3. The normalized spacial score (nSPS) is 10.5. The highest BCUT2D eigenvalue weighted by molar-refractivity contribution is 6.05. The molecule has 0 saturated carbocycles. The van der Waals surface area contributed by atoms with E-state index in [0.29, 0.717) is 5.69 Å². The number of nitrogens with one attached hydrogen (secondary N) is 1. The third-order valence-electron chi connectivity index (χ3n) is 3.37. The SMILES string of the molecule is Cc1ccccc1-n1nnc(C(=O)Nc2ccc(F)cc2)c1N. The molecule has 0 radical (unpaired) electrons. The van der Waals surface area contributed by atoms with Crippen molar-refractivity contribution in [2.75, 3.05) is 11.1 Å². The quantitative estimate of drug-likeness (QED) is 0.778. The molecule has 3 N–H and O–H groups in total. The van der Waals surface area contributed by atoms with Gasteiger partial charge in [0.15, 0.2) is 11.5 Å². The van der Waals surface area contributed by atoms with Crippen LogP contribution in [-0.2, 0) is 0 Å². The zero-order valence-electron chi connectivity index (χ0n) is 12.3. The lowest BCUT2D eigenvalue weighted by atomic mass is 10.2. The summed E-state index contributed by atoms with van der Waals surface area (Å²) in [4.78, 5) is 12.2. The average molecular weight is 311 g/mol. The maximum Gasteiger partial charge on any atom is 0.280 e. The molecular formula is C16H14FN5O. The molecule has 6 nitrogen and oxygen atoms in total. The molecule has 1 amide bonds. The summed E-state index contributed by atoms with van der Waals surface area (Å²) >= 11 is 0. The minimum atomic E-state index is -0.506. The fraction of sp³-hybridized carbons (Fsp3) is 0.0625. The van der Waals surface area contributed by atoms with Crippen LogP contribution >= 0.6 is 0 Å². The molecule has 0 aliphatic rings. The Morgan fingerprint density at radius 1 is 1.17 bits per heavy atom. The lowest BCUT2D eigenvalue weighted by Gasteiger charge is -2.07. The zero-order valence-corrected chi connectivity index (χ0v) is 12.3. The molecule has 2 aromatic carbocycles. The Morgan fingerprint density at radius 3 is 2.57 bits per heavy atom. The lowest BCUT2D eigenvalue weighted by molar-refractivity contribution is 0.102. The predicted molar refractivity (Wildman–Crippen MR) is 84.9 cm³/mol. The summed E-state index contributed by atoms with van der Waals surface area (Å²) in [5, 5.41) is 10.4. The van der Waals surface area contributed by atoms with Crippen molar-refractivity contribution >= 4 is 17.4 Å². The molecule has 0 unspecified atom stereocenters. The minimum Gasteiger partial charge on any atom is -0.382 e. The second kappa shape index (κ2) is 5.88. The number of aromatic nitrogens is 3. The van der Waals surface area contributed by atoms with Gasteiger partial charge in [-0.25, -0.2) is 4.39 Å². The highest BCUT2D eigenvalue weighted by atomic mass is 19.1. The van der Waals surface area contributed by atoms with Gasteiger partial charge in [0.1, 0.15) is 5.82 Å². The zero-order chi connectivity index (χ0) is 16.4. The van der Waals surface area contributed by atoms with Crippen molar-refractivity contribution in [3.05, 3.63) is 65.6 Å². The monoisotopic (exact) mass is 311 g/mol. The predicted octanol–water partition coefficient (Wildman–Crippen LogP) is 2.55. The summed E-state index contributed by atoms with van der Waals surface area (Å²) in [6.07, 6.45) is 0. The highest BCUT2D eigenvalue weighted by Gasteiger charge is 2.19. The van der Waals surface area contributed by atoms with Gasteiger partial charge in [-0.1, -0.05) is 23.4 Å². The topological polar surface area (TPSA) is 85.8 Å². The fourth-order valence-corrected chi connectivity index (χ4v) is 2.15. The van der Waals surface area contributed by atoms with Crippen LogP contribution in [0, 0.1) is 12.7 Å². The van der Waals surface area contributed by atoms with E-state index in [1.54, 1.807) is 0 Å². The van der Waals surface area contributed by atoms with Crippen LogP contribution in [0.5, 0.6) is 0 Å². The van der Waals surface area contributed by atoms with Crippen molar-refractivity contribution < 1.29 is 9.18 Å². The van der Waals surface area contributed by atoms with Gasteiger partial charge in [-0.2, -0.15) is 4.68 Å². The van der Waals surface area contributed by atoms with Crippen molar-refractivity contribution in [3.63, 3.8) is 0 Å². The van der Waals surface area contributed by atoms with Gasteiger partial charge in [-0.15, -0.1) is 5.10 Å². The summed E-state index contributed by atoms with van der Waals surface area (Å²) in [5.74, 6) is -0.749. The van der Waals surface area contributed by atoms with Crippen molar-refractivity contribution in [3.8, 4) is 5.69 Å². The number of nitrogen functional groups attached to an aromatic ring is 1. The van der Waals surface area contributed by atoms with E-state index in [4.69, 9.17) is 5.73 Å². The number of nitrogens with two attached hydrogens (primary N) is 1. The first kappa shape index (κ1) is 14.7. The molecule has 0 fully saturated rings. The number of para-hydroxylation sites is 1. The number of amides is 1. The third kappa shape index (κ3) is 2.89. The molecule has 0 bridgehead atoms. The molecule has 1 heterocycles. The maximum atomic E-state index is 12.9. The van der Waals surface area contributed by atoms with Gasteiger partial charge in [-0.05, 0) is 42.8 Å². The van der Waals surface area contributed by atoms with Crippen LogP contribution in [0.3, 0.4) is 0 Å². The third-order valence-corrected chi connectivity index (χ3v) is 3.37. The molecule has 7 heteroatoms. The number of aryl methyl sites for hydroxylation is 1. The molecule has 0 aliphatic heterocycles. The van der Waals surface area contributed by atoms with Gasteiger partial charge in [-0.3, -0.25) is 4.79 Å². The van der Waals surface area contributed by atoms with E-state index in [9.17, 15) is 9.18 Å². The van der Waals surface area contributed by atoms with Gasteiger partial charge < -0.3 is 11.1 Å². The largest absolute Gasteiger partial charge is 0.382 e. The molecule has 0 atom stereocenters. The number of carbonyl (C=O) groups excluding carboxylic acids is 1. The Hall–Kier alpha value is -3.22. The Kier molecular flexibility index (Phi) is 3.76. The number of hydrogen-bond donors (Lipinski definition) is 2. The molecule has 0 spiro atoms. The fourth-order valence-electron chi connectivity index (χ4n) is 2.15. The van der Waals surface area contributed by atoms with Gasteiger partial charge in [0.2, 0.25) is 0 Å². The second-order valence-corrected chi connectivity index (χ2v) is 4.98. The summed E-state index contributed by atoms with van der Waals surface area (Å²) in [7, 11) is 0. The Balaban J connectivity index is 1.88. The summed E-state index contributed by atoms with van der Waals surface area (Å²) in [6.45, 7) is 1.91. The summed E-state index contributed by atoms with van der Waals surface area (Å²) in [6, 6.07) is 12.9. The molecular weight excluding hydrogens is 297 g/mol. The van der Waals surface area contributed by atoms with Crippen LogP contribution in [-0.4, -0.2) is 20.9 Å². The van der Waals surface area contributed by atoms with Gasteiger partial charge in [0.05, 0.1) is 5.69 Å². The first-order chi connectivity index (χ1) is 11.1. The van der Waals surface area contributed by atoms with Crippen molar-refractivity contribution in [1.29, 1.82) is 0 Å². The van der Waals surface area contributed by atoms with E-state index in [-0.39, 0.29) is 17.3 Å². The Morgan fingerprint density at radius 2 is 1.87 bits per heavy atom. The van der Waals surface area contributed by atoms with Gasteiger partial charge >= 0.3 is 0 Å². The van der Waals surface area contributed by atoms with Crippen LogP contribution in [0.25, 0.3) is 5.69 Å². The minimum absolute atomic E-state index is 0.0116.